The lowest BCUT2D eigenvalue weighted by molar-refractivity contribution is -0.133. The van der Waals surface area contributed by atoms with E-state index >= 15 is 0 Å². The van der Waals surface area contributed by atoms with Crippen LogP contribution in [0.25, 0.3) is 10.6 Å². The summed E-state index contributed by atoms with van der Waals surface area (Å²) in [6, 6.07) is 7.24. The maximum absolute atomic E-state index is 12.8. The number of nitrogens with zero attached hydrogens (tertiary/aromatic N) is 5. The predicted octanol–water partition coefficient (Wildman–Crippen LogP) is 2.98. The van der Waals surface area contributed by atoms with Crippen molar-refractivity contribution in [2.24, 2.45) is 0 Å². The Morgan fingerprint density at radius 3 is 3.00 bits per heavy atom. The zero-order valence-electron chi connectivity index (χ0n) is 16.5. The van der Waals surface area contributed by atoms with Crippen molar-refractivity contribution in [1.29, 1.82) is 0 Å². The molecule has 0 aromatic carbocycles. The van der Waals surface area contributed by atoms with Crippen LogP contribution in [0, 0.1) is 0 Å². The lowest BCUT2D eigenvalue weighted by Crippen LogP contribution is -2.43. The fraction of sp³-hybridized carbons (Fsp3) is 0.429. The number of thiophene rings is 1. The van der Waals surface area contributed by atoms with Crippen LogP contribution in [0.15, 0.2) is 46.8 Å². The monoisotopic (exact) mass is 411 g/mol. The highest BCUT2D eigenvalue weighted by molar-refractivity contribution is 7.13. The van der Waals surface area contributed by atoms with E-state index in [9.17, 15) is 9.59 Å². The van der Waals surface area contributed by atoms with Crippen molar-refractivity contribution in [2.75, 3.05) is 13.1 Å². The Labute approximate surface area is 173 Å². The van der Waals surface area contributed by atoms with E-state index in [4.69, 9.17) is 0 Å². The summed E-state index contributed by atoms with van der Waals surface area (Å²) in [6.45, 7) is 3.96. The average molecular weight is 412 g/mol. The first-order chi connectivity index (χ1) is 14.2. The van der Waals surface area contributed by atoms with Gasteiger partial charge in [-0.1, -0.05) is 13.0 Å². The van der Waals surface area contributed by atoms with E-state index in [0.29, 0.717) is 19.5 Å². The molecule has 1 aliphatic rings. The molecule has 0 bridgehead atoms. The molecule has 152 valence electrons. The molecule has 0 radical (unpaired) electrons. The zero-order chi connectivity index (χ0) is 20.2. The van der Waals surface area contributed by atoms with Crippen molar-refractivity contribution >= 4 is 17.2 Å². The number of hydrogen-bond donors (Lipinski definition) is 0. The number of aryl methyl sites for hydroxylation is 2. The van der Waals surface area contributed by atoms with E-state index in [1.165, 1.54) is 0 Å². The minimum absolute atomic E-state index is 0.0837. The largest absolute Gasteiger partial charge is 0.340 e. The van der Waals surface area contributed by atoms with Crippen molar-refractivity contribution in [3.05, 3.63) is 58.2 Å². The van der Waals surface area contributed by atoms with E-state index in [-0.39, 0.29) is 17.5 Å². The third-order valence-corrected chi connectivity index (χ3v) is 6.27. The average Bonchev–Trinajstić information content (AvgIpc) is 3.44. The van der Waals surface area contributed by atoms with Gasteiger partial charge in [-0.25, -0.2) is 9.67 Å². The van der Waals surface area contributed by atoms with Crippen LogP contribution >= 0.6 is 11.3 Å². The molecule has 8 heteroatoms. The zero-order valence-corrected chi connectivity index (χ0v) is 17.3. The molecule has 1 fully saturated rings. The molecule has 1 aliphatic heterocycles. The minimum atomic E-state index is -0.115. The maximum Gasteiger partial charge on any atom is 0.267 e. The first-order valence-electron chi connectivity index (χ1n) is 10.1. The van der Waals surface area contributed by atoms with Crippen molar-refractivity contribution in [1.82, 2.24) is 24.2 Å². The van der Waals surface area contributed by atoms with Crippen LogP contribution in [0.3, 0.4) is 0 Å². The Kier molecular flexibility index (Phi) is 5.89. The Morgan fingerprint density at radius 1 is 1.31 bits per heavy atom. The molecular formula is C21H25N5O2S. The van der Waals surface area contributed by atoms with Crippen LogP contribution in [-0.4, -0.2) is 43.2 Å². The van der Waals surface area contributed by atoms with E-state index in [1.54, 1.807) is 34.3 Å². The smallest absolute Gasteiger partial charge is 0.267 e. The van der Waals surface area contributed by atoms with Crippen molar-refractivity contribution in [3.8, 4) is 10.6 Å². The van der Waals surface area contributed by atoms with Crippen LogP contribution in [0.5, 0.6) is 0 Å². The summed E-state index contributed by atoms with van der Waals surface area (Å²) in [4.78, 5) is 32.5. The predicted molar refractivity (Wildman–Crippen MR) is 113 cm³/mol. The molecule has 4 heterocycles. The molecule has 0 saturated carbocycles. The van der Waals surface area contributed by atoms with Crippen molar-refractivity contribution in [2.45, 2.75) is 45.2 Å². The number of carbonyl (C=O) groups excluding carboxylic acids is 1. The molecule has 4 rings (SSSR count). The topological polar surface area (TPSA) is 73.0 Å². The molecular weight excluding hydrogens is 386 g/mol. The van der Waals surface area contributed by atoms with Gasteiger partial charge in [0, 0.05) is 50.9 Å². The quantitative estimate of drug-likeness (QED) is 0.625. The molecule has 29 heavy (non-hydrogen) atoms. The molecule has 0 N–H and O–H groups in total. The molecule has 1 saturated heterocycles. The summed E-state index contributed by atoms with van der Waals surface area (Å²) < 4.78 is 3.61. The summed E-state index contributed by atoms with van der Waals surface area (Å²) in [5.74, 6) is 1.11. The fourth-order valence-corrected chi connectivity index (χ4v) is 4.55. The Bertz CT molecular complexity index is 1020. The first-order valence-corrected chi connectivity index (χ1v) is 10.9. The van der Waals surface area contributed by atoms with Crippen LogP contribution < -0.4 is 5.56 Å². The highest BCUT2D eigenvalue weighted by Gasteiger charge is 2.26. The van der Waals surface area contributed by atoms with Crippen LogP contribution in [0.4, 0.5) is 0 Å². The van der Waals surface area contributed by atoms with Gasteiger partial charge in [0.1, 0.15) is 11.5 Å². The van der Waals surface area contributed by atoms with Gasteiger partial charge in [0.2, 0.25) is 5.91 Å². The summed E-state index contributed by atoms with van der Waals surface area (Å²) >= 11 is 1.60. The summed E-state index contributed by atoms with van der Waals surface area (Å²) in [5.41, 5.74) is 0.686. The van der Waals surface area contributed by atoms with Crippen LogP contribution in [-0.2, 0) is 17.8 Å². The van der Waals surface area contributed by atoms with Crippen molar-refractivity contribution in [3.63, 3.8) is 0 Å². The molecule has 1 atom stereocenters. The second kappa shape index (κ2) is 8.73. The lowest BCUT2D eigenvalue weighted by Gasteiger charge is -2.33. The highest BCUT2D eigenvalue weighted by Crippen LogP contribution is 2.24. The number of imidazole rings is 1. The van der Waals surface area contributed by atoms with Crippen molar-refractivity contribution < 1.29 is 4.79 Å². The van der Waals surface area contributed by atoms with Crippen LogP contribution in [0.1, 0.15) is 38.1 Å². The fourth-order valence-electron chi connectivity index (χ4n) is 3.86. The summed E-state index contributed by atoms with van der Waals surface area (Å²) in [6.07, 6.45) is 6.71. The molecule has 1 unspecified atom stereocenters. The van der Waals surface area contributed by atoms with E-state index in [2.05, 4.69) is 17.0 Å². The summed E-state index contributed by atoms with van der Waals surface area (Å²) in [7, 11) is 0. The van der Waals surface area contributed by atoms with Gasteiger partial charge >= 0.3 is 0 Å². The number of amides is 1. The summed E-state index contributed by atoms with van der Waals surface area (Å²) in [5, 5.41) is 6.60. The molecule has 7 nitrogen and oxygen atoms in total. The number of piperidine rings is 1. The van der Waals surface area contributed by atoms with Gasteiger partial charge in [0.15, 0.2) is 0 Å². The second-order valence-electron chi connectivity index (χ2n) is 7.25. The van der Waals surface area contributed by atoms with Gasteiger partial charge in [0.05, 0.1) is 10.9 Å². The molecule has 0 spiro atoms. The lowest BCUT2D eigenvalue weighted by atomic mass is 10.1. The number of likely N-dealkylation sites (tertiary alicyclic amines) is 1. The Morgan fingerprint density at radius 2 is 2.21 bits per heavy atom. The SMILES string of the molecule is CCc1nccn1CCC(=O)N1CCCC(n2nc(-c3cccs3)ccc2=O)C1. The van der Waals surface area contributed by atoms with Gasteiger partial charge in [-0.3, -0.25) is 9.59 Å². The molecule has 1 amide bonds. The van der Waals surface area contributed by atoms with E-state index in [0.717, 1.165) is 42.2 Å². The maximum atomic E-state index is 12.8. The van der Waals surface area contributed by atoms with Crippen LogP contribution in [0.2, 0.25) is 0 Å². The molecule has 3 aromatic heterocycles. The van der Waals surface area contributed by atoms with E-state index in [1.807, 2.05) is 33.2 Å². The molecule has 3 aromatic rings. The van der Waals surface area contributed by atoms with Gasteiger partial charge in [0.25, 0.3) is 5.56 Å². The number of hydrogen-bond acceptors (Lipinski definition) is 5. The van der Waals surface area contributed by atoms with E-state index < -0.39 is 0 Å². The normalized spacial score (nSPS) is 16.9. The Balaban J connectivity index is 1.45. The number of aromatic nitrogens is 4. The standard InChI is InChI=1S/C21H25N5O2S/c1-2-19-22-10-13-24(19)12-9-20(27)25-11-3-5-16(15-25)26-21(28)8-7-17(23-26)18-6-4-14-29-18/h4,6-8,10,13-14,16H,2-3,5,9,11-12,15H2,1H3. The highest BCUT2D eigenvalue weighted by atomic mass is 32.1. The van der Waals surface area contributed by atoms with Gasteiger partial charge in [-0.2, -0.15) is 5.10 Å². The van der Waals surface area contributed by atoms with Gasteiger partial charge in [-0.05, 0) is 30.4 Å². The third-order valence-electron chi connectivity index (χ3n) is 5.38. The third kappa shape index (κ3) is 4.32. The first kappa shape index (κ1) is 19.6. The Hall–Kier alpha value is -2.74. The van der Waals surface area contributed by atoms with Gasteiger partial charge in [-0.15, -0.1) is 11.3 Å². The minimum Gasteiger partial charge on any atom is -0.340 e. The number of carbonyl (C=O) groups is 1. The number of rotatable bonds is 6. The second-order valence-corrected chi connectivity index (χ2v) is 8.20. The molecule has 0 aliphatic carbocycles. The van der Waals surface area contributed by atoms with Gasteiger partial charge < -0.3 is 9.47 Å².